The zero-order valence-corrected chi connectivity index (χ0v) is 12.8. The molecule has 1 saturated heterocycles. The van der Waals surface area contributed by atoms with Crippen LogP contribution >= 0.6 is 0 Å². The molecule has 116 valence electrons. The first-order valence-electron chi connectivity index (χ1n) is 7.43. The van der Waals surface area contributed by atoms with Crippen molar-refractivity contribution >= 4 is 11.8 Å². The number of amides is 2. The van der Waals surface area contributed by atoms with Crippen LogP contribution in [0.1, 0.15) is 45.5 Å². The predicted molar refractivity (Wildman–Crippen MR) is 77.1 cm³/mol. The zero-order valence-electron chi connectivity index (χ0n) is 12.8. The van der Waals surface area contributed by atoms with E-state index in [4.69, 9.17) is 0 Å². The van der Waals surface area contributed by atoms with Gasteiger partial charge in [0.2, 0.25) is 11.8 Å². The number of H-pyrrole nitrogens is 1. The minimum atomic E-state index is -0.185. The van der Waals surface area contributed by atoms with Crippen molar-refractivity contribution in [3.8, 4) is 0 Å². The maximum atomic E-state index is 12.2. The monoisotopic (exact) mass is 293 g/mol. The van der Waals surface area contributed by atoms with Crippen LogP contribution in [0, 0.1) is 11.8 Å². The number of likely N-dealkylation sites (tertiary alicyclic amines) is 1. The quantitative estimate of drug-likeness (QED) is 0.862. The van der Waals surface area contributed by atoms with E-state index in [2.05, 4.69) is 20.5 Å². The van der Waals surface area contributed by atoms with E-state index in [-0.39, 0.29) is 29.7 Å². The van der Waals surface area contributed by atoms with Crippen LogP contribution in [0.3, 0.4) is 0 Å². The predicted octanol–water partition coefficient (Wildman–Crippen LogP) is 0.877. The van der Waals surface area contributed by atoms with Gasteiger partial charge in [-0.3, -0.25) is 14.7 Å². The van der Waals surface area contributed by atoms with Crippen molar-refractivity contribution in [2.45, 2.75) is 39.7 Å². The van der Waals surface area contributed by atoms with Gasteiger partial charge in [-0.2, -0.15) is 5.10 Å². The number of rotatable bonds is 4. The number of aromatic nitrogens is 3. The van der Waals surface area contributed by atoms with Crippen molar-refractivity contribution < 1.29 is 9.59 Å². The summed E-state index contributed by atoms with van der Waals surface area (Å²) in [5.41, 5.74) is 0. The molecule has 0 bridgehead atoms. The summed E-state index contributed by atoms with van der Waals surface area (Å²) in [7, 11) is 0. The molecule has 1 unspecified atom stereocenters. The molecule has 1 aromatic rings. The molecule has 0 aliphatic carbocycles. The standard InChI is InChI=1S/C14H23N5O2/c1-9(2)14(21)19-6-4-11(5-7-19)13(20)17-10(3)12-15-8-16-18-12/h8-11H,4-7H2,1-3H3,(H,17,20)(H,15,16,18). The molecule has 7 nitrogen and oxygen atoms in total. The largest absolute Gasteiger partial charge is 0.346 e. The van der Waals surface area contributed by atoms with Crippen LogP contribution < -0.4 is 5.32 Å². The highest BCUT2D eigenvalue weighted by Crippen LogP contribution is 2.20. The van der Waals surface area contributed by atoms with Crippen molar-refractivity contribution in [2.75, 3.05) is 13.1 Å². The molecular formula is C14H23N5O2. The Morgan fingerprint density at radius 2 is 2.00 bits per heavy atom. The van der Waals surface area contributed by atoms with Crippen LogP contribution in [0.4, 0.5) is 0 Å². The number of hydrogen-bond donors (Lipinski definition) is 2. The number of nitrogens with one attached hydrogen (secondary N) is 2. The van der Waals surface area contributed by atoms with Crippen LogP contribution in [0.15, 0.2) is 6.33 Å². The Kier molecular flexibility index (Phi) is 4.93. The number of carbonyl (C=O) groups excluding carboxylic acids is 2. The lowest BCUT2D eigenvalue weighted by atomic mass is 9.95. The van der Waals surface area contributed by atoms with Crippen LogP contribution in [0.25, 0.3) is 0 Å². The maximum Gasteiger partial charge on any atom is 0.225 e. The summed E-state index contributed by atoms with van der Waals surface area (Å²) in [4.78, 5) is 30.0. The van der Waals surface area contributed by atoms with Crippen molar-refractivity contribution in [1.29, 1.82) is 0 Å². The first-order valence-corrected chi connectivity index (χ1v) is 7.43. The Bertz CT molecular complexity index is 478. The van der Waals surface area contributed by atoms with Gasteiger partial charge in [0.1, 0.15) is 12.2 Å². The number of hydrogen-bond acceptors (Lipinski definition) is 4. The molecule has 2 heterocycles. The van der Waals surface area contributed by atoms with Gasteiger partial charge in [-0.25, -0.2) is 4.98 Å². The molecule has 2 N–H and O–H groups in total. The average molecular weight is 293 g/mol. The third-order valence-corrected chi connectivity index (χ3v) is 3.87. The van der Waals surface area contributed by atoms with E-state index in [1.807, 2.05) is 25.7 Å². The number of piperidine rings is 1. The fourth-order valence-electron chi connectivity index (χ4n) is 2.55. The molecular weight excluding hydrogens is 270 g/mol. The molecule has 7 heteroatoms. The first-order chi connectivity index (χ1) is 9.99. The van der Waals surface area contributed by atoms with Gasteiger partial charge in [0.05, 0.1) is 6.04 Å². The second kappa shape index (κ2) is 6.69. The van der Waals surface area contributed by atoms with Gasteiger partial charge in [-0.05, 0) is 19.8 Å². The van der Waals surface area contributed by atoms with Gasteiger partial charge in [-0.1, -0.05) is 13.8 Å². The number of aromatic amines is 1. The minimum Gasteiger partial charge on any atom is -0.346 e. The molecule has 0 spiro atoms. The van der Waals surface area contributed by atoms with Crippen molar-refractivity contribution in [3.63, 3.8) is 0 Å². The highest BCUT2D eigenvalue weighted by Gasteiger charge is 2.29. The smallest absolute Gasteiger partial charge is 0.225 e. The molecule has 2 amide bonds. The lowest BCUT2D eigenvalue weighted by Crippen LogP contribution is -2.44. The van der Waals surface area contributed by atoms with Gasteiger partial charge in [0.25, 0.3) is 0 Å². The van der Waals surface area contributed by atoms with Gasteiger partial charge in [-0.15, -0.1) is 0 Å². The van der Waals surface area contributed by atoms with Gasteiger partial charge < -0.3 is 10.2 Å². The van der Waals surface area contributed by atoms with Crippen molar-refractivity contribution in [1.82, 2.24) is 25.4 Å². The van der Waals surface area contributed by atoms with E-state index in [9.17, 15) is 9.59 Å². The molecule has 0 radical (unpaired) electrons. The summed E-state index contributed by atoms with van der Waals surface area (Å²) in [6, 6.07) is -0.185. The summed E-state index contributed by atoms with van der Waals surface area (Å²) >= 11 is 0. The van der Waals surface area contributed by atoms with Gasteiger partial charge >= 0.3 is 0 Å². The highest BCUT2D eigenvalue weighted by atomic mass is 16.2. The second-order valence-electron chi connectivity index (χ2n) is 5.86. The van der Waals surface area contributed by atoms with E-state index >= 15 is 0 Å². The Morgan fingerprint density at radius 3 is 2.52 bits per heavy atom. The normalized spacial score (nSPS) is 17.8. The van der Waals surface area contributed by atoms with Crippen molar-refractivity contribution in [2.24, 2.45) is 11.8 Å². The molecule has 2 rings (SSSR count). The SMILES string of the molecule is CC(C)C(=O)N1CCC(C(=O)NC(C)c2ncn[nH]2)CC1. The Labute approximate surface area is 124 Å². The molecule has 1 aliphatic rings. The topological polar surface area (TPSA) is 91.0 Å². The summed E-state index contributed by atoms with van der Waals surface area (Å²) < 4.78 is 0. The molecule has 21 heavy (non-hydrogen) atoms. The third-order valence-electron chi connectivity index (χ3n) is 3.87. The number of nitrogens with zero attached hydrogens (tertiary/aromatic N) is 3. The summed E-state index contributed by atoms with van der Waals surface area (Å²) in [6.45, 7) is 6.99. The molecule has 1 fully saturated rings. The summed E-state index contributed by atoms with van der Waals surface area (Å²) in [6.07, 6.45) is 2.86. The first kappa shape index (κ1) is 15.5. The Morgan fingerprint density at radius 1 is 1.33 bits per heavy atom. The maximum absolute atomic E-state index is 12.2. The fourth-order valence-corrected chi connectivity index (χ4v) is 2.55. The molecule has 0 saturated carbocycles. The lowest BCUT2D eigenvalue weighted by Gasteiger charge is -2.32. The zero-order chi connectivity index (χ0) is 15.4. The van der Waals surface area contributed by atoms with Crippen LogP contribution in [-0.4, -0.2) is 45.0 Å². The van der Waals surface area contributed by atoms with E-state index in [0.29, 0.717) is 31.8 Å². The fraction of sp³-hybridized carbons (Fsp3) is 0.714. The Balaban J connectivity index is 1.82. The van der Waals surface area contributed by atoms with E-state index in [0.717, 1.165) is 0 Å². The van der Waals surface area contributed by atoms with Crippen LogP contribution in [-0.2, 0) is 9.59 Å². The minimum absolute atomic E-state index is 0.0156. The second-order valence-corrected chi connectivity index (χ2v) is 5.86. The molecule has 1 atom stereocenters. The molecule has 0 aromatic carbocycles. The van der Waals surface area contributed by atoms with Crippen molar-refractivity contribution in [3.05, 3.63) is 12.2 Å². The van der Waals surface area contributed by atoms with Crippen LogP contribution in [0.5, 0.6) is 0 Å². The van der Waals surface area contributed by atoms with Crippen LogP contribution in [0.2, 0.25) is 0 Å². The van der Waals surface area contributed by atoms with Gasteiger partial charge in [0.15, 0.2) is 0 Å². The third kappa shape index (κ3) is 3.80. The van der Waals surface area contributed by atoms with E-state index in [1.165, 1.54) is 6.33 Å². The highest BCUT2D eigenvalue weighted by molar-refractivity contribution is 5.81. The van der Waals surface area contributed by atoms with E-state index in [1.54, 1.807) is 0 Å². The van der Waals surface area contributed by atoms with E-state index < -0.39 is 0 Å². The summed E-state index contributed by atoms with van der Waals surface area (Å²) in [5, 5.41) is 9.47. The number of carbonyl (C=O) groups is 2. The summed E-state index contributed by atoms with van der Waals surface area (Å²) in [5.74, 6) is 0.823. The Hall–Kier alpha value is -1.92. The molecule has 1 aliphatic heterocycles. The lowest BCUT2D eigenvalue weighted by molar-refractivity contribution is -0.138. The molecule has 1 aromatic heterocycles. The average Bonchev–Trinajstić information content (AvgIpc) is 3.00. The van der Waals surface area contributed by atoms with Gasteiger partial charge in [0, 0.05) is 24.9 Å².